The van der Waals surface area contributed by atoms with Crippen molar-refractivity contribution in [1.29, 1.82) is 0 Å². The van der Waals surface area contributed by atoms with E-state index in [-0.39, 0.29) is 23.0 Å². The number of carbonyl (C=O) groups is 1. The van der Waals surface area contributed by atoms with E-state index in [9.17, 15) is 4.79 Å². The number of piperidine rings is 1. The molecule has 0 radical (unpaired) electrons. The summed E-state index contributed by atoms with van der Waals surface area (Å²) in [5.74, 6) is 0. The summed E-state index contributed by atoms with van der Waals surface area (Å²) < 4.78 is 5.60. The van der Waals surface area contributed by atoms with Crippen molar-refractivity contribution in [2.45, 2.75) is 79.4 Å². The predicted octanol–water partition coefficient (Wildman–Crippen LogP) is 3.79. The van der Waals surface area contributed by atoms with Gasteiger partial charge in [-0.1, -0.05) is 27.7 Å². The van der Waals surface area contributed by atoms with E-state index in [1.54, 1.807) is 0 Å². The van der Waals surface area contributed by atoms with Gasteiger partial charge < -0.3 is 15.4 Å². The second kappa shape index (κ2) is 6.15. The van der Waals surface area contributed by atoms with Crippen molar-refractivity contribution >= 4 is 6.09 Å². The summed E-state index contributed by atoms with van der Waals surface area (Å²) in [6.07, 6.45) is 2.90. The molecular formula is C17H34N2O2. The summed E-state index contributed by atoms with van der Waals surface area (Å²) in [6, 6.07) is 0.228. The first-order valence-corrected chi connectivity index (χ1v) is 8.05. The third kappa shape index (κ3) is 5.85. The number of carbonyl (C=O) groups excluding carboxylic acids is 1. The molecule has 1 aliphatic rings. The standard InChI is InChI=1S/C17H34N2O2/c1-15(2,3)21-14(20)19-12-16(4,5)9-8-13(19)10-17(6,7)11-18/h13H,8-12,18H2,1-7H3. The molecule has 1 unspecified atom stereocenters. The van der Waals surface area contributed by atoms with Crippen LogP contribution in [0.25, 0.3) is 0 Å². The lowest BCUT2D eigenvalue weighted by atomic mass is 9.76. The monoisotopic (exact) mass is 298 g/mol. The lowest BCUT2D eigenvalue weighted by molar-refractivity contribution is -0.0141. The van der Waals surface area contributed by atoms with Crippen molar-refractivity contribution in [3.63, 3.8) is 0 Å². The highest BCUT2D eigenvalue weighted by molar-refractivity contribution is 5.68. The highest BCUT2D eigenvalue weighted by atomic mass is 16.6. The van der Waals surface area contributed by atoms with Crippen LogP contribution in [0.4, 0.5) is 4.79 Å². The number of rotatable bonds is 3. The summed E-state index contributed by atoms with van der Waals surface area (Å²) in [6.45, 7) is 15.9. The van der Waals surface area contributed by atoms with Crippen LogP contribution in [0.2, 0.25) is 0 Å². The first kappa shape index (κ1) is 18.3. The number of hydrogen-bond acceptors (Lipinski definition) is 3. The molecule has 0 saturated carbocycles. The van der Waals surface area contributed by atoms with Gasteiger partial charge in [0.1, 0.15) is 5.60 Å². The SMILES string of the molecule is CC(C)(CN)CC1CCC(C)(C)CN1C(=O)OC(C)(C)C. The first-order chi connectivity index (χ1) is 9.35. The van der Waals surface area contributed by atoms with E-state index >= 15 is 0 Å². The van der Waals surface area contributed by atoms with Gasteiger partial charge in [0.15, 0.2) is 0 Å². The number of ether oxygens (including phenoxy) is 1. The summed E-state index contributed by atoms with van der Waals surface area (Å²) >= 11 is 0. The number of hydrogen-bond donors (Lipinski definition) is 1. The molecule has 0 bridgehead atoms. The van der Waals surface area contributed by atoms with Gasteiger partial charge in [-0.25, -0.2) is 4.79 Å². The number of amides is 1. The smallest absolute Gasteiger partial charge is 0.410 e. The van der Waals surface area contributed by atoms with Gasteiger partial charge in [0, 0.05) is 12.6 Å². The Kier molecular flexibility index (Phi) is 5.36. The molecule has 1 amide bonds. The fraction of sp³-hybridized carbons (Fsp3) is 0.941. The molecule has 1 aliphatic heterocycles. The lowest BCUT2D eigenvalue weighted by Gasteiger charge is -2.46. The Morgan fingerprint density at radius 2 is 1.86 bits per heavy atom. The third-order valence-corrected chi connectivity index (χ3v) is 4.16. The van der Waals surface area contributed by atoms with E-state index in [4.69, 9.17) is 10.5 Å². The second-order valence-corrected chi connectivity index (χ2v) is 9.04. The molecule has 1 rings (SSSR count). The quantitative estimate of drug-likeness (QED) is 0.862. The van der Waals surface area contributed by atoms with Crippen LogP contribution in [-0.2, 0) is 4.74 Å². The molecule has 124 valence electrons. The topological polar surface area (TPSA) is 55.6 Å². The fourth-order valence-electron chi connectivity index (χ4n) is 2.85. The van der Waals surface area contributed by atoms with Gasteiger partial charge in [0.05, 0.1) is 0 Å². The van der Waals surface area contributed by atoms with Gasteiger partial charge in [-0.15, -0.1) is 0 Å². The molecule has 1 fully saturated rings. The van der Waals surface area contributed by atoms with Crippen LogP contribution in [0, 0.1) is 10.8 Å². The first-order valence-electron chi connectivity index (χ1n) is 8.05. The van der Waals surface area contributed by atoms with Crippen LogP contribution >= 0.6 is 0 Å². The molecular weight excluding hydrogens is 264 g/mol. The predicted molar refractivity (Wildman–Crippen MR) is 87.2 cm³/mol. The zero-order chi connectivity index (χ0) is 16.5. The summed E-state index contributed by atoms with van der Waals surface area (Å²) in [4.78, 5) is 14.5. The summed E-state index contributed by atoms with van der Waals surface area (Å²) in [5, 5.41) is 0. The summed E-state index contributed by atoms with van der Waals surface area (Å²) in [7, 11) is 0. The number of likely N-dealkylation sites (tertiary alicyclic amines) is 1. The maximum absolute atomic E-state index is 12.6. The fourth-order valence-corrected chi connectivity index (χ4v) is 2.85. The Hall–Kier alpha value is -0.770. The molecule has 4 heteroatoms. The zero-order valence-corrected chi connectivity index (χ0v) is 15.0. The minimum atomic E-state index is -0.452. The van der Waals surface area contributed by atoms with Crippen molar-refractivity contribution < 1.29 is 9.53 Å². The molecule has 1 heterocycles. The third-order valence-electron chi connectivity index (χ3n) is 4.16. The molecule has 2 N–H and O–H groups in total. The van der Waals surface area contributed by atoms with E-state index in [2.05, 4.69) is 27.7 Å². The lowest BCUT2D eigenvalue weighted by Crippen LogP contribution is -2.52. The van der Waals surface area contributed by atoms with Crippen molar-refractivity contribution in [3.05, 3.63) is 0 Å². The largest absolute Gasteiger partial charge is 0.444 e. The van der Waals surface area contributed by atoms with Crippen molar-refractivity contribution in [3.8, 4) is 0 Å². The van der Waals surface area contributed by atoms with E-state index < -0.39 is 5.60 Å². The average molecular weight is 298 g/mol. The highest BCUT2D eigenvalue weighted by Crippen LogP contribution is 2.37. The van der Waals surface area contributed by atoms with Crippen LogP contribution in [0.1, 0.15) is 67.7 Å². The Morgan fingerprint density at radius 1 is 1.29 bits per heavy atom. The van der Waals surface area contributed by atoms with E-state index in [1.165, 1.54) is 0 Å². The van der Waals surface area contributed by atoms with E-state index in [1.807, 2.05) is 25.7 Å². The van der Waals surface area contributed by atoms with Crippen LogP contribution in [-0.4, -0.2) is 35.7 Å². The molecule has 0 spiro atoms. The minimum absolute atomic E-state index is 0.0480. The van der Waals surface area contributed by atoms with Crippen molar-refractivity contribution in [1.82, 2.24) is 4.90 Å². The van der Waals surface area contributed by atoms with Gasteiger partial charge in [-0.3, -0.25) is 0 Å². The van der Waals surface area contributed by atoms with Crippen LogP contribution in [0.15, 0.2) is 0 Å². The normalized spacial score (nSPS) is 23.0. The number of nitrogens with zero attached hydrogens (tertiary/aromatic N) is 1. The van der Waals surface area contributed by atoms with Gasteiger partial charge >= 0.3 is 6.09 Å². The summed E-state index contributed by atoms with van der Waals surface area (Å²) in [5.41, 5.74) is 5.61. The molecule has 0 aromatic heterocycles. The van der Waals surface area contributed by atoms with Crippen LogP contribution < -0.4 is 5.73 Å². The molecule has 0 aromatic rings. The van der Waals surface area contributed by atoms with Gasteiger partial charge in [-0.2, -0.15) is 0 Å². The van der Waals surface area contributed by atoms with Crippen molar-refractivity contribution in [2.75, 3.05) is 13.1 Å². The van der Waals surface area contributed by atoms with Crippen LogP contribution in [0.3, 0.4) is 0 Å². The molecule has 4 nitrogen and oxygen atoms in total. The minimum Gasteiger partial charge on any atom is -0.444 e. The highest BCUT2D eigenvalue weighted by Gasteiger charge is 2.39. The van der Waals surface area contributed by atoms with Crippen LogP contribution in [0.5, 0.6) is 0 Å². The van der Waals surface area contributed by atoms with Gasteiger partial charge in [-0.05, 0) is 57.4 Å². The molecule has 0 aromatic carbocycles. The van der Waals surface area contributed by atoms with E-state index in [0.29, 0.717) is 6.54 Å². The molecule has 1 saturated heterocycles. The Labute approximate surface area is 130 Å². The Morgan fingerprint density at radius 3 is 2.33 bits per heavy atom. The molecule has 21 heavy (non-hydrogen) atoms. The maximum Gasteiger partial charge on any atom is 0.410 e. The maximum atomic E-state index is 12.6. The molecule has 1 atom stereocenters. The average Bonchev–Trinajstić information content (AvgIpc) is 2.29. The van der Waals surface area contributed by atoms with Crippen molar-refractivity contribution in [2.24, 2.45) is 16.6 Å². The zero-order valence-electron chi connectivity index (χ0n) is 15.0. The van der Waals surface area contributed by atoms with E-state index in [0.717, 1.165) is 25.8 Å². The number of nitrogens with two attached hydrogens (primary N) is 1. The second-order valence-electron chi connectivity index (χ2n) is 9.04. The Bertz CT molecular complexity index is 369. The van der Waals surface area contributed by atoms with Gasteiger partial charge in [0.25, 0.3) is 0 Å². The Balaban J connectivity index is 2.87. The van der Waals surface area contributed by atoms with Gasteiger partial charge in [0.2, 0.25) is 0 Å². The molecule has 0 aliphatic carbocycles.